The van der Waals surface area contributed by atoms with Crippen molar-refractivity contribution >= 4 is 10.0 Å². The lowest BCUT2D eigenvalue weighted by Gasteiger charge is -2.22. The van der Waals surface area contributed by atoms with Gasteiger partial charge in [0.05, 0.1) is 17.1 Å². The molecule has 2 aromatic heterocycles. The van der Waals surface area contributed by atoms with E-state index >= 15 is 0 Å². The first kappa shape index (κ1) is 19.9. The van der Waals surface area contributed by atoms with Crippen LogP contribution >= 0.6 is 0 Å². The molecule has 0 aliphatic carbocycles. The summed E-state index contributed by atoms with van der Waals surface area (Å²) in [6.45, 7) is 2.25. The number of sulfonamides is 1. The third-order valence-electron chi connectivity index (χ3n) is 4.61. The molecule has 0 fully saturated rings. The monoisotopic (exact) mass is 422 g/mol. The summed E-state index contributed by atoms with van der Waals surface area (Å²) in [6, 6.07) is 19.8. The SMILES string of the molecule is Cc1cccc(S(=O)(=O)N(Cc2ccc(-c3nn[nH]n3)cc2)Cc2ccccn2)c1.[HH]. The number of nitrogens with one attached hydrogen (secondary N) is 1. The lowest BCUT2D eigenvalue weighted by molar-refractivity contribution is 0.397. The summed E-state index contributed by atoms with van der Waals surface area (Å²) in [5.74, 6) is 0.485. The van der Waals surface area contributed by atoms with E-state index in [-0.39, 0.29) is 19.4 Å². The molecule has 4 rings (SSSR count). The molecule has 0 saturated heterocycles. The van der Waals surface area contributed by atoms with Gasteiger partial charge in [0.15, 0.2) is 0 Å². The summed E-state index contributed by atoms with van der Waals surface area (Å²) in [5, 5.41) is 13.9. The van der Waals surface area contributed by atoms with Gasteiger partial charge < -0.3 is 0 Å². The Morgan fingerprint density at radius 1 is 1.00 bits per heavy atom. The first-order valence-electron chi connectivity index (χ1n) is 9.32. The van der Waals surface area contributed by atoms with Gasteiger partial charge in [-0.15, -0.1) is 10.2 Å². The molecule has 2 aromatic carbocycles. The number of pyridine rings is 1. The molecule has 1 N–H and O–H groups in total. The number of tetrazole rings is 1. The quantitative estimate of drug-likeness (QED) is 0.490. The third kappa shape index (κ3) is 4.42. The molecular weight excluding hydrogens is 400 g/mol. The van der Waals surface area contributed by atoms with Crippen molar-refractivity contribution in [3.63, 3.8) is 0 Å². The number of aromatic nitrogens is 5. The molecule has 2 heterocycles. The highest BCUT2D eigenvalue weighted by atomic mass is 32.2. The third-order valence-corrected chi connectivity index (χ3v) is 6.40. The Hall–Kier alpha value is -3.43. The summed E-state index contributed by atoms with van der Waals surface area (Å²) < 4.78 is 28.3. The van der Waals surface area contributed by atoms with Crippen molar-refractivity contribution in [1.29, 1.82) is 0 Å². The molecule has 9 heteroatoms. The number of aromatic amines is 1. The van der Waals surface area contributed by atoms with Gasteiger partial charge in [0.1, 0.15) is 0 Å². The van der Waals surface area contributed by atoms with Crippen LogP contribution in [0, 0.1) is 6.92 Å². The van der Waals surface area contributed by atoms with Gasteiger partial charge in [0, 0.05) is 19.7 Å². The minimum absolute atomic E-state index is 0. The fourth-order valence-corrected chi connectivity index (χ4v) is 4.57. The maximum Gasteiger partial charge on any atom is 0.243 e. The number of nitrogens with zero attached hydrogens (tertiary/aromatic N) is 5. The lowest BCUT2D eigenvalue weighted by atomic mass is 10.1. The molecule has 0 spiro atoms. The van der Waals surface area contributed by atoms with Crippen LogP contribution in [0.2, 0.25) is 0 Å². The zero-order valence-electron chi connectivity index (χ0n) is 16.3. The van der Waals surface area contributed by atoms with Gasteiger partial charge in [-0.05, 0) is 47.5 Å². The van der Waals surface area contributed by atoms with E-state index in [2.05, 4.69) is 25.6 Å². The van der Waals surface area contributed by atoms with Crippen LogP contribution < -0.4 is 0 Å². The molecule has 0 amide bonds. The van der Waals surface area contributed by atoms with Gasteiger partial charge in [-0.3, -0.25) is 4.98 Å². The molecule has 0 saturated carbocycles. The Morgan fingerprint density at radius 2 is 1.83 bits per heavy atom. The van der Waals surface area contributed by atoms with Crippen LogP contribution in [-0.4, -0.2) is 38.3 Å². The van der Waals surface area contributed by atoms with Crippen LogP contribution in [-0.2, 0) is 23.1 Å². The molecule has 0 radical (unpaired) electrons. The molecule has 0 bridgehead atoms. The second-order valence-electron chi connectivity index (χ2n) is 6.84. The van der Waals surface area contributed by atoms with Gasteiger partial charge in [0.2, 0.25) is 15.8 Å². The van der Waals surface area contributed by atoms with Gasteiger partial charge in [-0.1, -0.05) is 42.5 Å². The van der Waals surface area contributed by atoms with Crippen molar-refractivity contribution < 1.29 is 9.84 Å². The Morgan fingerprint density at radius 3 is 2.50 bits per heavy atom. The smallest absolute Gasteiger partial charge is 0.243 e. The zero-order chi connectivity index (χ0) is 21.0. The molecule has 154 valence electrons. The van der Waals surface area contributed by atoms with Crippen molar-refractivity contribution in [2.45, 2.75) is 24.9 Å². The van der Waals surface area contributed by atoms with E-state index in [1.807, 2.05) is 49.4 Å². The largest absolute Gasteiger partial charge is 0.260 e. The number of aryl methyl sites for hydroxylation is 1. The number of H-pyrrole nitrogens is 1. The molecule has 30 heavy (non-hydrogen) atoms. The Balaban J connectivity index is 0.00000272. The number of hydrogen-bond donors (Lipinski definition) is 1. The summed E-state index contributed by atoms with van der Waals surface area (Å²) in [6.07, 6.45) is 1.66. The second-order valence-corrected chi connectivity index (χ2v) is 8.78. The van der Waals surface area contributed by atoms with E-state index in [0.29, 0.717) is 11.5 Å². The highest BCUT2D eigenvalue weighted by Crippen LogP contribution is 2.22. The highest BCUT2D eigenvalue weighted by Gasteiger charge is 2.25. The summed E-state index contributed by atoms with van der Waals surface area (Å²) >= 11 is 0. The Labute approximate surface area is 176 Å². The fraction of sp³-hybridized carbons (Fsp3) is 0.143. The van der Waals surface area contributed by atoms with Crippen LogP contribution in [0.1, 0.15) is 18.2 Å². The average Bonchev–Trinajstić information content (AvgIpc) is 3.29. The topological polar surface area (TPSA) is 105 Å². The van der Waals surface area contributed by atoms with Crippen molar-refractivity contribution in [3.8, 4) is 11.4 Å². The number of benzene rings is 2. The molecule has 0 unspecified atom stereocenters. The van der Waals surface area contributed by atoms with E-state index in [1.54, 1.807) is 30.5 Å². The highest BCUT2D eigenvalue weighted by molar-refractivity contribution is 7.89. The lowest BCUT2D eigenvalue weighted by Crippen LogP contribution is -2.30. The Kier molecular flexibility index (Phi) is 5.64. The first-order valence-corrected chi connectivity index (χ1v) is 10.8. The number of hydrogen-bond acceptors (Lipinski definition) is 6. The molecular formula is C21H22N6O2S. The van der Waals surface area contributed by atoms with Crippen LogP contribution in [0.25, 0.3) is 11.4 Å². The summed E-state index contributed by atoms with van der Waals surface area (Å²) in [7, 11) is -3.72. The number of rotatable bonds is 7. The fourth-order valence-electron chi connectivity index (χ4n) is 3.07. The maximum absolute atomic E-state index is 13.4. The van der Waals surface area contributed by atoms with Crippen LogP contribution in [0.4, 0.5) is 0 Å². The molecule has 0 aliphatic heterocycles. The van der Waals surface area contributed by atoms with E-state index in [9.17, 15) is 8.42 Å². The van der Waals surface area contributed by atoms with Crippen molar-refractivity contribution in [2.75, 3.05) is 0 Å². The first-order chi connectivity index (χ1) is 14.5. The predicted octanol–water partition coefficient (Wildman–Crippen LogP) is 3.21. The standard InChI is InChI=1S/C21H20N6O2S.H2/c1-16-5-4-7-20(13-16)30(28,29)27(15-19-6-2-3-12-22-19)14-17-8-10-18(11-9-17)21-23-25-26-24-21;/h2-13H,14-15H2,1H3,(H,23,24,25,26);1H. The zero-order valence-corrected chi connectivity index (χ0v) is 17.1. The Bertz CT molecular complexity index is 1220. The van der Waals surface area contributed by atoms with Crippen LogP contribution in [0.15, 0.2) is 77.8 Å². The molecule has 0 aliphatic rings. The second kappa shape index (κ2) is 8.52. The predicted molar refractivity (Wildman–Crippen MR) is 114 cm³/mol. The minimum atomic E-state index is -3.72. The molecule has 8 nitrogen and oxygen atoms in total. The van der Waals surface area contributed by atoms with E-state index in [4.69, 9.17) is 0 Å². The minimum Gasteiger partial charge on any atom is -0.260 e. The molecule has 4 aromatic rings. The average molecular weight is 423 g/mol. The van der Waals surface area contributed by atoms with Crippen molar-refractivity contribution in [1.82, 2.24) is 29.9 Å². The van der Waals surface area contributed by atoms with Gasteiger partial charge in [0.25, 0.3) is 0 Å². The van der Waals surface area contributed by atoms with Crippen LogP contribution in [0.5, 0.6) is 0 Å². The van der Waals surface area contributed by atoms with E-state index in [1.165, 1.54) is 4.31 Å². The van der Waals surface area contributed by atoms with E-state index < -0.39 is 10.0 Å². The van der Waals surface area contributed by atoms with Crippen molar-refractivity contribution in [2.24, 2.45) is 0 Å². The summed E-state index contributed by atoms with van der Waals surface area (Å²) in [4.78, 5) is 4.57. The molecule has 0 atom stereocenters. The van der Waals surface area contributed by atoms with E-state index in [0.717, 1.165) is 16.7 Å². The van der Waals surface area contributed by atoms with Gasteiger partial charge >= 0.3 is 0 Å². The van der Waals surface area contributed by atoms with Crippen LogP contribution in [0.3, 0.4) is 0 Å². The maximum atomic E-state index is 13.4. The van der Waals surface area contributed by atoms with Gasteiger partial charge in [-0.25, -0.2) is 8.42 Å². The normalized spacial score (nSPS) is 11.7. The summed E-state index contributed by atoms with van der Waals surface area (Å²) in [5.41, 5.74) is 3.20. The van der Waals surface area contributed by atoms with Gasteiger partial charge in [-0.2, -0.15) is 9.52 Å². The van der Waals surface area contributed by atoms with Crippen molar-refractivity contribution in [3.05, 3.63) is 89.7 Å².